The van der Waals surface area contributed by atoms with Crippen molar-refractivity contribution in [1.82, 2.24) is 10.2 Å². The predicted octanol–water partition coefficient (Wildman–Crippen LogP) is 3.14. The first kappa shape index (κ1) is 12.7. The number of likely N-dealkylation sites (tertiary alicyclic amines) is 1. The van der Waals surface area contributed by atoms with E-state index in [0.717, 1.165) is 24.4 Å². The number of furan rings is 1. The second-order valence-corrected chi connectivity index (χ2v) is 5.37. The number of nitrogens with one attached hydrogen (secondary N) is 1. The lowest BCUT2D eigenvalue weighted by Gasteiger charge is -2.25. The maximum atomic E-state index is 6.07. The van der Waals surface area contributed by atoms with E-state index in [2.05, 4.69) is 28.4 Å². The normalized spacial score (nSPS) is 17.1. The van der Waals surface area contributed by atoms with Crippen LogP contribution >= 0.6 is 0 Å². The van der Waals surface area contributed by atoms with Gasteiger partial charge in [-0.25, -0.2) is 0 Å². The molecule has 3 heteroatoms. The second-order valence-electron chi connectivity index (χ2n) is 5.37. The van der Waals surface area contributed by atoms with Gasteiger partial charge >= 0.3 is 0 Å². The van der Waals surface area contributed by atoms with Crippen molar-refractivity contribution in [2.45, 2.75) is 32.4 Å². The van der Waals surface area contributed by atoms with Gasteiger partial charge in [0.25, 0.3) is 0 Å². The molecule has 1 N–H and O–H groups in total. The highest BCUT2D eigenvalue weighted by Crippen LogP contribution is 2.27. The van der Waals surface area contributed by atoms with Gasteiger partial charge in [0.1, 0.15) is 11.3 Å². The summed E-state index contributed by atoms with van der Waals surface area (Å²) in [5.41, 5.74) is 2.34. The van der Waals surface area contributed by atoms with Crippen molar-refractivity contribution in [3.63, 3.8) is 0 Å². The van der Waals surface area contributed by atoms with Crippen LogP contribution < -0.4 is 5.32 Å². The fraction of sp³-hybridized carbons (Fsp3) is 0.500. The zero-order valence-corrected chi connectivity index (χ0v) is 11.6. The highest BCUT2D eigenvalue weighted by atomic mass is 16.3. The minimum absolute atomic E-state index is 0.875. The first-order chi connectivity index (χ1) is 9.38. The maximum Gasteiger partial charge on any atom is 0.134 e. The number of hydrogen-bond donors (Lipinski definition) is 1. The molecule has 1 aromatic carbocycles. The molecule has 1 saturated heterocycles. The van der Waals surface area contributed by atoms with E-state index in [0.29, 0.717) is 0 Å². The van der Waals surface area contributed by atoms with Crippen LogP contribution in [0.3, 0.4) is 0 Å². The minimum atomic E-state index is 0.875. The fourth-order valence-corrected chi connectivity index (χ4v) is 2.97. The van der Waals surface area contributed by atoms with Crippen LogP contribution in [-0.2, 0) is 13.1 Å². The first-order valence-electron chi connectivity index (χ1n) is 7.24. The summed E-state index contributed by atoms with van der Waals surface area (Å²) >= 11 is 0. The molecule has 1 aliphatic heterocycles. The lowest BCUT2D eigenvalue weighted by atomic mass is 10.1. The Bertz CT molecular complexity index is 541. The molecule has 102 valence electrons. The number of nitrogens with zero attached hydrogens (tertiary/aromatic N) is 1. The average molecular weight is 258 g/mol. The molecule has 1 aromatic heterocycles. The van der Waals surface area contributed by atoms with Gasteiger partial charge < -0.3 is 9.73 Å². The molecule has 2 heterocycles. The molecule has 0 spiro atoms. The van der Waals surface area contributed by atoms with E-state index in [1.807, 2.05) is 13.1 Å². The Morgan fingerprint density at radius 3 is 2.74 bits per heavy atom. The standard InChI is InChI=1S/C16H22N2O/c1-17-11-14-13-7-3-4-8-15(13)19-16(14)12-18-9-5-2-6-10-18/h3-4,7-8,17H,2,5-6,9-12H2,1H3. The minimum Gasteiger partial charge on any atom is -0.459 e. The van der Waals surface area contributed by atoms with Crippen molar-refractivity contribution in [3.8, 4) is 0 Å². The third-order valence-electron chi connectivity index (χ3n) is 3.95. The molecule has 2 aromatic rings. The van der Waals surface area contributed by atoms with Gasteiger partial charge in [-0.05, 0) is 39.0 Å². The first-order valence-corrected chi connectivity index (χ1v) is 7.24. The molecule has 3 nitrogen and oxygen atoms in total. The van der Waals surface area contributed by atoms with Crippen LogP contribution in [0.25, 0.3) is 11.0 Å². The van der Waals surface area contributed by atoms with Crippen LogP contribution in [0, 0.1) is 0 Å². The van der Waals surface area contributed by atoms with Crippen LogP contribution in [-0.4, -0.2) is 25.0 Å². The van der Waals surface area contributed by atoms with Crippen LogP contribution in [0.4, 0.5) is 0 Å². The molecule has 0 aliphatic carbocycles. The van der Waals surface area contributed by atoms with E-state index in [1.165, 1.54) is 43.3 Å². The lowest BCUT2D eigenvalue weighted by molar-refractivity contribution is 0.206. The molecular formula is C16H22N2O. The summed E-state index contributed by atoms with van der Waals surface area (Å²) in [4.78, 5) is 2.51. The molecule has 1 fully saturated rings. The van der Waals surface area contributed by atoms with Gasteiger partial charge in [-0.2, -0.15) is 0 Å². The zero-order valence-electron chi connectivity index (χ0n) is 11.6. The summed E-state index contributed by atoms with van der Waals surface area (Å²) in [5.74, 6) is 1.14. The average Bonchev–Trinajstić information content (AvgIpc) is 2.79. The van der Waals surface area contributed by atoms with Crippen molar-refractivity contribution >= 4 is 11.0 Å². The van der Waals surface area contributed by atoms with Crippen LogP contribution in [0.2, 0.25) is 0 Å². The molecular weight excluding hydrogens is 236 g/mol. The molecule has 0 saturated carbocycles. The molecule has 0 unspecified atom stereocenters. The maximum absolute atomic E-state index is 6.07. The number of hydrogen-bond acceptors (Lipinski definition) is 3. The smallest absolute Gasteiger partial charge is 0.134 e. The molecule has 1 aliphatic rings. The SMILES string of the molecule is CNCc1c(CN2CCCCC2)oc2ccccc12. The van der Waals surface area contributed by atoms with Crippen LogP contribution in [0.1, 0.15) is 30.6 Å². The van der Waals surface area contributed by atoms with Gasteiger partial charge in [0.2, 0.25) is 0 Å². The van der Waals surface area contributed by atoms with E-state index in [1.54, 1.807) is 0 Å². The van der Waals surface area contributed by atoms with Crippen LogP contribution in [0.5, 0.6) is 0 Å². The Hall–Kier alpha value is -1.32. The highest BCUT2D eigenvalue weighted by Gasteiger charge is 2.17. The highest BCUT2D eigenvalue weighted by molar-refractivity contribution is 5.82. The van der Waals surface area contributed by atoms with Gasteiger partial charge in [-0.1, -0.05) is 24.6 Å². The van der Waals surface area contributed by atoms with Crippen molar-refractivity contribution in [1.29, 1.82) is 0 Å². The zero-order chi connectivity index (χ0) is 13.1. The molecule has 0 amide bonds. The van der Waals surface area contributed by atoms with E-state index < -0.39 is 0 Å². The van der Waals surface area contributed by atoms with E-state index in [4.69, 9.17) is 4.42 Å². The Morgan fingerprint density at radius 1 is 1.16 bits per heavy atom. The number of para-hydroxylation sites is 1. The van der Waals surface area contributed by atoms with Gasteiger partial charge in [0, 0.05) is 17.5 Å². The topological polar surface area (TPSA) is 28.4 Å². The van der Waals surface area contributed by atoms with Crippen molar-refractivity contribution in [2.24, 2.45) is 0 Å². The van der Waals surface area contributed by atoms with Crippen molar-refractivity contribution < 1.29 is 4.42 Å². The lowest BCUT2D eigenvalue weighted by Crippen LogP contribution is -2.29. The van der Waals surface area contributed by atoms with Gasteiger partial charge in [0.05, 0.1) is 6.54 Å². The molecule has 0 bridgehead atoms. The molecule has 0 atom stereocenters. The van der Waals surface area contributed by atoms with E-state index in [-0.39, 0.29) is 0 Å². The Morgan fingerprint density at radius 2 is 1.95 bits per heavy atom. The summed E-state index contributed by atoms with van der Waals surface area (Å²) < 4.78 is 6.07. The van der Waals surface area contributed by atoms with Gasteiger partial charge in [0.15, 0.2) is 0 Å². The monoisotopic (exact) mass is 258 g/mol. The van der Waals surface area contributed by atoms with Crippen molar-refractivity contribution in [3.05, 3.63) is 35.6 Å². The quantitative estimate of drug-likeness (QED) is 0.913. The van der Waals surface area contributed by atoms with E-state index in [9.17, 15) is 0 Å². The molecule has 0 radical (unpaired) electrons. The molecule has 19 heavy (non-hydrogen) atoms. The Labute approximate surface area is 114 Å². The summed E-state index contributed by atoms with van der Waals surface area (Å²) in [6.45, 7) is 4.23. The largest absolute Gasteiger partial charge is 0.459 e. The summed E-state index contributed by atoms with van der Waals surface area (Å²) in [6.07, 6.45) is 4.02. The number of rotatable bonds is 4. The number of benzene rings is 1. The Balaban J connectivity index is 1.90. The molecule has 3 rings (SSSR count). The number of fused-ring (bicyclic) bond motifs is 1. The third kappa shape index (κ3) is 2.67. The third-order valence-corrected chi connectivity index (χ3v) is 3.95. The van der Waals surface area contributed by atoms with Crippen molar-refractivity contribution in [2.75, 3.05) is 20.1 Å². The fourth-order valence-electron chi connectivity index (χ4n) is 2.97. The summed E-state index contributed by atoms with van der Waals surface area (Å²) in [7, 11) is 1.99. The predicted molar refractivity (Wildman–Crippen MR) is 78.1 cm³/mol. The van der Waals surface area contributed by atoms with Gasteiger partial charge in [-0.15, -0.1) is 0 Å². The summed E-state index contributed by atoms with van der Waals surface area (Å²) in [5, 5.41) is 4.51. The van der Waals surface area contributed by atoms with Gasteiger partial charge in [-0.3, -0.25) is 4.90 Å². The van der Waals surface area contributed by atoms with E-state index >= 15 is 0 Å². The number of piperidine rings is 1. The van der Waals surface area contributed by atoms with Crippen LogP contribution in [0.15, 0.2) is 28.7 Å². The Kier molecular flexibility index (Phi) is 3.85. The second kappa shape index (κ2) is 5.76. The summed E-state index contributed by atoms with van der Waals surface area (Å²) in [6, 6.07) is 8.35.